The lowest BCUT2D eigenvalue weighted by Crippen LogP contribution is -2.38. The van der Waals surface area contributed by atoms with Crippen molar-refractivity contribution in [2.75, 3.05) is 25.2 Å². The molecule has 1 aliphatic rings. The molecule has 0 bridgehead atoms. The zero-order valence-electron chi connectivity index (χ0n) is 13.5. The highest BCUT2D eigenvalue weighted by Crippen LogP contribution is 2.22. The van der Waals surface area contributed by atoms with Gasteiger partial charge < -0.3 is 15.3 Å². The van der Waals surface area contributed by atoms with E-state index in [1.54, 1.807) is 16.7 Å². The molecule has 0 aliphatic carbocycles. The van der Waals surface area contributed by atoms with Gasteiger partial charge in [0.05, 0.1) is 12.6 Å². The summed E-state index contributed by atoms with van der Waals surface area (Å²) in [6, 6.07) is 7.45. The molecular weight excluding hydrogens is 312 g/mol. The highest BCUT2D eigenvalue weighted by Gasteiger charge is 2.26. The van der Waals surface area contributed by atoms with E-state index in [-0.39, 0.29) is 24.5 Å². The third-order valence-corrected chi connectivity index (χ3v) is 4.63. The van der Waals surface area contributed by atoms with Crippen molar-refractivity contribution in [1.82, 2.24) is 10.2 Å². The quantitative estimate of drug-likeness (QED) is 0.719. The molecular formula is C17H24N2O3S. The molecule has 1 aromatic rings. The molecule has 2 N–H and O–H groups in total. The predicted octanol–water partition coefficient (Wildman–Crippen LogP) is 1.65. The molecule has 0 spiro atoms. The molecule has 6 heteroatoms. The second kappa shape index (κ2) is 8.93. The van der Waals surface area contributed by atoms with Crippen LogP contribution in [0.3, 0.4) is 0 Å². The molecule has 126 valence electrons. The Morgan fingerprint density at radius 1 is 1.43 bits per heavy atom. The van der Waals surface area contributed by atoms with Crippen molar-refractivity contribution in [3.8, 4) is 0 Å². The number of hydrogen-bond donors (Lipinski definition) is 2. The van der Waals surface area contributed by atoms with Crippen molar-refractivity contribution in [3.63, 3.8) is 0 Å². The Labute approximate surface area is 141 Å². The Morgan fingerprint density at radius 2 is 2.22 bits per heavy atom. The predicted molar refractivity (Wildman–Crippen MR) is 92.4 cm³/mol. The molecule has 23 heavy (non-hydrogen) atoms. The first-order chi connectivity index (χ1) is 11.2. The lowest BCUT2D eigenvalue weighted by atomic mass is 10.1. The first kappa shape index (κ1) is 17.8. The lowest BCUT2D eigenvalue weighted by molar-refractivity contribution is -0.122. The molecule has 5 nitrogen and oxygen atoms in total. The highest BCUT2D eigenvalue weighted by molar-refractivity contribution is 7.98. The van der Waals surface area contributed by atoms with Crippen molar-refractivity contribution >= 4 is 23.6 Å². The Balaban J connectivity index is 1.71. The van der Waals surface area contributed by atoms with Gasteiger partial charge in [0.1, 0.15) is 0 Å². The number of aliphatic hydroxyl groups excluding tert-OH is 1. The van der Waals surface area contributed by atoms with E-state index in [0.717, 1.165) is 23.3 Å². The van der Waals surface area contributed by atoms with Gasteiger partial charge >= 0.3 is 0 Å². The number of amides is 2. The van der Waals surface area contributed by atoms with E-state index in [4.69, 9.17) is 0 Å². The molecule has 0 saturated carbocycles. The molecule has 0 aromatic heterocycles. The van der Waals surface area contributed by atoms with Crippen LogP contribution in [0.15, 0.2) is 24.3 Å². The maximum Gasteiger partial charge on any atom is 0.254 e. The van der Waals surface area contributed by atoms with Gasteiger partial charge in [0, 0.05) is 25.1 Å². The number of rotatable bonds is 9. The largest absolute Gasteiger partial charge is 0.394 e. The van der Waals surface area contributed by atoms with Crippen LogP contribution in [0.4, 0.5) is 0 Å². The summed E-state index contributed by atoms with van der Waals surface area (Å²) in [6.07, 6.45) is 3.77. The number of aliphatic hydroxyl groups is 1. The van der Waals surface area contributed by atoms with Crippen LogP contribution in [0.2, 0.25) is 0 Å². The average Bonchev–Trinajstić information content (AvgIpc) is 2.88. The SMILES string of the molecule is CSCCC(CO)NC(=O)CCCN1Cc2ccccc2C1=O. The summed E-state index contributed by atoms with van der Waals surface area (Å²) in [5.74, 6) is 0.898. The van der Waals surface area contributed by atoms with E-state index in [9.17, 15) is 14.7 Å². The Bertz CT molecular complexity index is 550. The van der Waals surface area contributed by atoms with Crippen LogP contribution in [-0.4, -0.2) is 53.0 Å². The van der Waals surface area contributed by atoms with Gasteiger partial charge in [-0.2, -0.15) is 11.8 Å². The summed E-state index contributed by atoms with van der Waals surface area (Å²) in [5, 5.41) is 12.1. The van der Waals surface area contributed by atoms with Crippen LogP contribution >= 0.6 is 11.8 Å². The fraction of sp³-hybridized carbons (Fsp3) is 0.529. The fourth-order valence-electron chi connectivity index (χ4n) is 2.69. The van der Waals surface area contributed by atoms with Gasteiger partial charge in [-0.3, -0.25) is 9.59 Å². The summed E-state index contributed by atoms with van der Waals surface area (Å²) in [6.45, 7) is 1.17. The minimum Gasteiger partial charge on any atom is -0.394 e. The zero-order chi connectivity index (χ0) is 16.7. The zero-order valence-corrected chi connectivity index (χ0v) is 14.3. The molecule has 1 unspecified atom stereocenters. The van der Waals surface area contributed by atoms with Crippen LogP contribution < -0.4 is 5.32 Å². The number of carbonyl (C=O) groups is 2. The van der Waals surface area contributed by atoms with Gasteiger partial charge in [-0.05, 0) is 36.5 Å². The molecule has 0 fully saturated rings. The summed E-state index contributed by atoms with van der Waals surface area (Å²) in [7, 11) is 0. The third kappa shape index (κ3) is 4.97. The molecule has 2 rings (SSSR count). The minimum absolute atomic E-state index is 0.0355. The average molecular weight is 336 g/mol. The molecule has 1 aromatic carbocycles. The first-order valence-corrected chi connectivity index (χ1v) is 9.31. The first-order valence-electron chi connectivity index (χ1n) is 7.92. The fourth-order valence-corrected chi connectivity index (χ4v) is 3.21. The van der Waals surface area contributed by atoms with Crippen molar-refractivity contribution in [1.29, 1.82) is 0 Å². The van der Waals surface area contributed by atoms with E-state index >= 15 is 0 Å². The summed E-state index contributed by atoms with van der Waals surface area (Å²) in [5.41, 5.74) is 1.83. The maximum absolute atomic E-state index is 12.2. The van der Waals surface area contributed by atoms with Crippen LogP contribution in [0.25, 0.3) is 0 Å². The van der Waals surface area contributed by atoms with Gasteiger partial charge in [0.25, 0.3) is 5.91 Å². The van der Waals surface area contributed by atoms with E-state index in [1.165, 1.54) is 0 Å². The molecule has 0 radical (unpaired) electrons. The standard InChI is InChI=1S/C17H24N2O3S/c1-23-10-8-14(12-20)18-16(21)7-4-9-19-11-13-5-2-3-6-15(13)17(19)22/h2-3,5-6,14,20H,4,7-12H2,1H3,(H,18,21). The van der Waals surface area contributed by atoms with Crippen molar-refractivity contribution in [3.05, 3.63) is 35.4 Å². The maximum atomic E-state index is 12.2. The van der Waals surface area contributed by atoms with Gasteiger partial charge in [0.2, 0.25) is 5.91 Å². The van der Waals surface area contributed by atoms with Crippen molar-refractivity contribution < 1.29 is 14.7 Å². The third-order valence-electron chi connectivity index (χ3n) is 3.98. The summed E-state index contributed by atoms with van der Waals surface area (Å²) in [4.78, 5) is 25.9. The van der Waals surface area contributed by atoms with Gasteiger partial charge in [-0.25, -0.2) is 0 Å². The van der Waals surface area contributed by atoms with Gasteiger partial charge in [-0.1, -0.05) is 18.2 Å². The summed E-state index contributed by atoms with van der Waals surface area (Å²) >= 11 is 1.69. The topological polar surface area (TPSA) is 69.6 Å². The molecule has 1 aliphatic heterocycles. The Hall–Kier alpha value is -1.53. The van der Waals surface area contributed by atoms with E-state index in [2.05, 4.69) is 5.32 Å². The molecule has 1 atom stereocenters. The van der Waals surface area contributed by atoms with Crippen LogP contribution in [0.1, 0.15) is 35.2 Å². The lowest BCUT2D eigenvalue weighted by Gasteiger charge is -2.17. The number of carbonyl (C=O) groups excluding carboxylic acids is 2. The van der Waals surface area contributed by atoms with E-state index in [1.807, 2.05) is 30.5 Å². The smallest absolute Gasteiger partial charge is 0.254 e. The number of fused-ring (bicyclic) bond motifs is 1. The normalized spacial score (nSPS) is 14.7. The Kier molecular flexibility index (Phi) is 6.92. The minimum atomic E-state index is -0.173. The van der Waals surface area contributed by atoms with E-state index in [0.29, 0.717) is 25.9 Å². The van der Waals surface area contributed by atoms with Crippen molar-refractivity contribution in [2.45, 2.75) is 31.8 Å². The monoisotopic (exact) mass is 336 g/mol. The van der Waals surface area contributed by atoms with Gasteiger partial charge in [0.15, 0.2) is 0 Å². The van der Waals surface area contributed by atoms with E-state index < -0.39 is 0 Å². The number of nitrogens with one attached hydrogen (secondary N) is 1. The number of nitrogens with zero attached hydrogens (tertiary/aromatic N) is 1. The summed E-state index contributed by atoms with van der Waals surface area (Å²) < 4.78 is 0. The van der Waals surface area contributed by atoms with Crippen LogP contribution in [0.5, 0.6) is 0 Å². The number of thioether (sulfide) groups is 1. The Morgan fingerprint density at radius 3 is 2.91 bits per heavy atom. The number of hydrogen-bond acceptors (Lipinski definition) is 4. The number of benzene rings is 1. The van der Waals surface area contributed by atoms with Gasteiger partial charge in [-0.15, -0.1) is 0 Å². The molecule has 2 amide bonds. The second-order valence-electron chi connectivity index (χ2n) is 5.72. The second-order valence-corrected chi connectivity index (χ2v) is 6.70. The highest BCUT2D eigenvalue weighted by atomic mass is 32.2. The molecule has 0 saturated heterocycles. The molecule has 1 heterocycles. The van der Waals surface area contributed by atoms with Crippen molar-refractivity contribution in [2.24, 2.45) is 0 Å². The van der Waals surface area contributed by atoms with Crippen LogP contribution in [-0.2, 0) is 11.3 Å². The van der Waals surface area contributed by atoms with Crippen LogP contribution in [0, 0.1) is 0 Å².